The van der Waals surface area contributed by atoms with E-state index in [1.807, 2.05) is 65.0 Å². The number of hydrogen-bond donors (Lipinski definition) is 1. The van der Waals surface area contributed by atoms with E-state index in [1.54, 1.807) is 0 Å². The number of nitrogens with one attached hydrogen (secondary N) is 1. The lowest BCUT2D eigenvalue weighted by atomic mass is 10.2. The minimum Gasteiger partial charge on any atom is -0.492 e. The van der Waals surface area contributed by atoms with Gasteiger partial charge < -0.3 is 14.8 Å². The molecule has 0 atom stereocenters. The second kappa shape index (κ2) is 13.9. The molecule has 0 heterocycles. The van der Waals surface area contributed by atoms with Crippen molar-refractivity contribution in [3.63, 3.8) is 0 Å². The third-order valence-electron chi connectivity index (χ3n) is 1.78. The van der Waals surface area contributed by atoms with Gasteiger partial charge in [0.2, 0.25) is 0 Å². The van der Waals surface area contributed by atoms with E-state index in [4.69, 9.17) is 9.47 Å². The van der Waals surface area contributed by atoms with Crippen molar-refractivity contribution in [2.45, 2.75) is 61.0 Å². The highest BCUT2D eigenvalue weighted by Crippen LogP contribution is 2.08. The number of carbonyl (C=O) groups is 1. The Labute approximate surface area is 142 Å². The highest BCUT2D eigenvalue weighted by molar-refractivity contribution is 5.67. The van der Waals surface area contributed by atoms with Crippen LogP contribution in [0.1, 0.15) is 55.4 Å². The molecule has 1 rings (SSSR count). The summed E-state index contributed by atoms with van der Waals surface area (Å²) in [7, 11) is 0. The van der Waals surface area contributed by atoms with Crippen molar-refractivity contribution in [1.82, 2.24) is 5.32 Å². The van der Waals surface area contributed by atoms with E-state index in [2.05, 4.69) is 26.1 Å². The lowest BCUT2D eigenvalue weighted by Crippen LogP contribution is -2.34. The number of benzene rings is 1. The first-order chi connectivity index (χ1) is 10.7. The maximum atomic E-state index is 11.3. The van der Waals surface area contributed by atoms with Gasteiger partial charge in [0, 0.05) is 0 Å². The van der Waals surface area contributed by atoms with Crippen LogP contribution in [0.3, 0.4) is 0 Å². The fourth-order valence-electron chi connectivity index (χ4n) is 1.15. The molecule has 0 fully saturated rings. The largest absolute Gasteiger partial charge is 0.492 e. The van der Waals surface area contributed by atoms with Crippen LogP contribution in [0.5, 0.6) is 5.75 Å². The van der Waals surface area contributed by atoms with E-state index < -0.39 is 11.7 Å². The molecule has 0 bridgehead atoms. The molecule has 0 saturated carbocycles. The predicted molar refractivity (Wildman–Crippen MR) is 98.0 cm³/mol. The van der Waals surface area contributed by atoms with Gasteiger partial charge in [-0.1, -0.05) is 52.8 Å². The summed E-state index contributed by atoms with van der Waals surface area (Å²) in [6.45, 7) is 16.8. The van der Waals surface area contributed by atoms with Gasteiger partial charge in [-0.3, -0.25) is 0 Å². The van der Waals surface area contributed by atoms with E-state index in [0.29, 0.717) is 13.2 Å². The molecule has 4 heteroatoms. The molecule has 0 aliphatic heterocycles. The Balaban J connectivity index is 0. The van der Waals surface area contributed by atoms with Gasteiger partial charge in [0.15, 0.2) is 0 Å². The molecule has 0 spiro atoms. The summed E-state index contributed by atoms with van der Waals surface area (Å²) in [5.74, 6) is 1.62. The highest BCUT2D eigenvalue weighted by Gasteiger charge is 2.15. The lowest BCUT2D eigenvalue weighted by Gasteiger charge is -2.19. The maximum Gasteiger partial charge on any atom is 0.407 e. The summed E-state index contributed by atoms with van der Waals surface area (Å²) in [4.78, 5) is 11.3. The zero-order valence-corrected chi connectivity index (χ0v) is 16.1. The van der Waals surface area contributed by atoms with Crippen molar-refractivity contribution < 1.29 is 14.3 Å². The Bertz CT molecular complexity index is 381. The zero-order chi connectivity index (χ0) is 18.3. The third-order valence-corrected chi connectivity index (χ3v) is 1.78. The van der Waals surface area contributed by atoms with Gasteiger partial charge >= 0.3 is 6.09 Å². The average molecular weight is 325 g/mol. The normalized spacial score (nSPS) is 9.78. The van der Waals surface area contributed by atoms with Crippen LogP contribution in [0.15, 0.2) is 30.3 Å². The number of amides is 1. The van der Waals surface area contributed by atoms with Crippen LogP contribution in [0.4, 0.5) is 4.79 Å². The molecule has 0 radical (unpaired) electrons. The summed E-state index contributed by atoms with van der Waals surface area (Å²) >= 11 is 0. The first kappa shape index (κ1) is 23.6. The summed E-state index contributed by atoms with van der Waals surface area (Å²) in [5.41, 5.74) is -0.468. The van der Waals surface area contributed by atoms with Crippen molar-refractivity contribution in [1.29, 1.82) is 0 Å². The number of ether oxygens (including phenoxy) is 2. The molecule has 0 aromatic heterocycles. The number of alkyl carbamates (subject to hydrolysis) is 1. The minimum absolute atomic E-state index is 0.420. The molecule has 1 amide bonds. The first-order valence-corrected chi connectivity index (χ1v) is 8.35. The van der Waals surface area contributed by atoms with Gasteiger partial charge in [-0.05, 0) is 38.8 Å². The molecular formula is C19H35NO3. The second-order valence-corrected chi connectivity index (χ2v) is 6.32. The molecule has 134 valence electrons. The Morgan fingerprint density at radius 1 is 1.09 bits per heavy atom. The Morgan fingerprint density at radius 2 is 1.57 bits per heavy atom. The first-order valence-electron chi connectivity index (χ1n) is 8.35. The van der Waals surface area contributed by atoms with Crippen LogP contribution >= 0.6 is 0 Å². The van der Waals surface area contributed by atoms with E-state index in [9.17, 15) is 4.79 Å². The molecule has 0 saturated heterocycles. The Morgan fingerprint density at radius 3 is 2.00 bits per heavy atom. The summed E-state index contributed by atoms with van der Waals surface area (Å²) < 4.78 is 10.5. The molecule has 23 heavy (non-hydrogen) atoms. The smallest absolute Gasteiger partial charge is 0.407 e. The van der Waals surface area contributed by atoms with Crippen molar-refractivity contribution in [3.8, 4) is 5.75 Å². The van der Waals surface area contributed by atoms with Crippen molar-refractivity contribution in [2.24, 2.45) is 5.92 Å². The summed E-state index contributed by atoms with van der Waals surface area (Å²) in [6, 6.07) is 9.46. The quantitative estimate of drug-likeness (QED) is 0.766. The van der Waals surface area contributed by atoms with Gasteiger partial charge in [-0.25, -0.2) is 4.79 Å². The topological polar surface area (TPSA) is 47.6 Å². The van der Waals surface area contributed by atoms with Crippen LogP contribution in [-0.2, 0) is 4.74 Å². The summed E-state index contributed by atoms with van der Waals surface area (Å²) in [5, 5.41) is 2.62. The standard InChI is InChI=1S/C13H19NO3.C4H10.C2H6/c1-13(2,3)17-12(15)14-9-10-16-11-7-5-4-6-8-11;1-4(2)3;1-2/h4-8H,9-10H2,1-3H3,(H,14,15);4H,1-3H3;1-2H3. The maximum absolute atomic E-state index is 11.3. The van der Waals surface area contributed by atoms with Crippen LogP contribution < -0.4 is 10.1 Å². The summed E-state index contributed by atoms with van der Waals surface area (Å²) in [6.07, 6.45) is -0.422. The van der Waals surface area contributed by atoms with E-state index in [0.717, 1.165) is 11.7 Å². The van der Waals surface area contributed by atoms with Gasteiger partial charge in [0.05, 0.1) is 6.54 Å². The van der Waals surface area contributed by atoms with Crippen molar-refractivity contribution >= 4 is 6.09 Å². The molecule has 1 N–H and O–H groups in total. The number of para-hydroxylation sites is 1. The molecule has 1 aromatic rings. The molecule has 1 aromatic carbocycles. The monoisotopic (exact) mass is 325 g/mol. The van der Waals surface area contributed by atoms with Gasteiger partial charge in [-0.15, -0.1) is 0 Å². The van der Waals surface area contributed by atoms with Gasteiger partial charge in [0.1, 0.15) is 18.0 Å². The number of rotatable bonds is 4. The van der Waals surface area contributed by atoms with Crippen molar-refractivity contribution in [2.75, 3.05) is 13.2 Å². The van der Waals surface area contributed by atoms with Gasteiger partial charge in [-0.2, -0.15) is 0 Å². The van der Waals surface area contributed by atoms with Crippen molar-refractivity contribution in [3.05, 3.63) is 30.3 Å². The Kier molecular flexibility index (Phi) is 14.3. The van der Waals surface area contributed by atoms with Crippen LogP contribution in [0.25, 0.3) is 0 Å². The zero-order valence-electron chi connectivity index (χ0n) is 16.1. The highest BCUT2D eigenvalue weighted by atomic mass is 16.6. The fourth-order valence-corrected chi connectivity index (χ4v) is 1.15. The molecule has 0 aliphatic rings. The number of carbonyl (C=O) groups excluding carboxylic acids is 1. The van der Waals surface area contributed by atoms with Crippen LogP contribution in [-0.4, -0.2) is 24.8 Å². The predicted octanol–water partition coefficient (Wildman–Crippen LogP) is 5.28. The third kappa shape index (κ3) is 20.3. The average Bonchev–Trinajstić information content (AvgIpc) is 2.44. The van der Waals surface area contributed by atoms with E-state index in [1.165, 1.54) is 0 Å². The molecular weight excluding hydrogens is 290 g/mol. The molecule has 0 unspecified atom stereocenters. The van der Waals surface area contributed by atoms with Gasteiger partial charge in [0.25, 0.3) is 0 Å². The van der Waals surface area contributed by atoms with E-state index >= 15 is 0 Å². The van der Waals surface area contributed by atoms with E-state index in [-0.39, 0.29) is 0 Å². The van der Waals surface area contributed by atoms with Crippen LogP contribution in [0, 0.1) is 5.92 Å². The van der Waals surface area contributed by atoms with Crippen LogP contribution in [0.2, 0.25) is 0 Å². The Hall–Kier alpha value is -1.71. The minimum atomic E-state index is -0.468. The fraction of sp³-hybridized carbons (Fsp3) is 0.632. The number of hydrogen-bond acceptors (Lipinski definition) is 3. The molecule has 4 nitrogen and oxygen atoms in total. The lowest BCUT2D eigenvalue weighted by molar-refractivity contribution is 0.0520. The second-order valence-electron chi connectivity index (χ2n) is 6.32. The SMILES string of the molecule is CC.CC(C)(C)OC(=O)NCCOc1ccccc1.CC(C)C. The molecule has 0 aliphatic carbocycles.